The Balaban J connectivity index is 2.68. The largest absolute Gasteiger partial charge is 0.478 e. The predicted octanol–water partition coefficient (Wildman–Crippen LogP) is 3.96. The molecule has 88 valence electrons. The van der Waals surface area contributed by atoms with Crippen LogP contribution in [-0.4, -0.2) is 16.1 Å². The number of aromatic amines is 1. The lowest BCUT2D eigenvalue weighted by Gasteiger charge is -1.96. The molecule has 0 aliphatic carbocycles. The van der Waals surface area contributed by atoms with Gasteiger partial charge in [0.05, 0.1) is 0 Å². The molecule has 1 heterocycles. The first-order valence-electron chi connectivity index (χ1n) is 4.87. The predicted molar refractivity (Wildman–Crippen MR) is 69.6 cm³/mol. The fourth-order valence-electron chi connectivity index (χ4n) is 1.57. The molecule has 2 N–H and O–H groups in total. The van der Waals surface area contributed by atoms with E-state index < -0.39 is 5.97 Å². The Morgan fingerprint density at radius 2 is 2.12 bits per heavy atom. The highest BCUT2D eigenvalue weighted by atomic mass is 35.5. The lowest BCUT2D eigenvalue weighted by Crippen LogP contribution is -1.95. The molecule has 2 aromatic rings. The van der Waals surface area contributed by atoms with Crippen molar-refractivity contribution in [3.05, 3.63) is 39.5 Å². The normalized spacial score (nSPS) is 12.1. The van der Waals surface area contributed by atoms with E-state index in [4.69, 9.17) is 28.3 Å². The number of fused-ring (bicyclic) bond motifs is 1. The molecular formula is C12H9Cl2NO2. The molecule has 0 atom stereocenters. The Labute approximate surface area is 108 Å². The summed E-state index contributed by atoms with van der Waals surface area (Å²) in [7, 11) is 0. The van der Waals surface area contributed by atoms with Gasteiger partial charge < -0.3 is 10.1 Å². The molecule has 1 aromatic heterocycles. The van der Waals surface area contributed by atoms with E-state index in [0.29, 0.717) is 15.7 Å². The number of carbonyl (C=O) groups is 1. The van der Waals surface area contributed by atoms with Crippen LogP contribution in [0.3, 0.4) is 0 Å². The molecule has 0 spiro atoms. The van der Waals surface area contributed by atoms with Gasteiger partial charge in [0, 0.05) is 27.1 Å². The number of nitrogens with one attached hydrogen (secondary N) is 1. The maximum atomic E-state index is 10.8. The highest BCUT2D eigenvalue weighted by molar-refractivity contribution is 6.34. The minimum absolute atomic E-state index is 0.216. The van der Waals surface area contributed by atoms with E-state index in [-0.39, 0.29) is 5.57 Å². The van der Waals surface area contributed by atoms with E-state index in [2.05, 4.69) is 4.98 Å². The second-order valence-electron chi connectivity index (χ2n) is 3.68. The van der Waals surface area contributed by atoms with Crippen molar-refractivity contribution in [1.29, 1.82) is 0 Å². The van der Waals surface area contributed by atoms with Crippen LogP contribution >= 0.6 is 23.2 Å². The van der Waals surface area contributed by atoms with E-state index in [0.717, 1.165) is 10.9 Å². The zero-order valence-corrected chi connectivity index (χ0v) is 10.4. The van der Waals surface area contributed by atoms with Crippen molar-refractivity contribution in [3.8, 4) is 0 Å². The summed E-state index contributed by atoms with van der Waals surface area (Å²) in [5.74, 6) is -0.975. The van der Waals surface area contributed by atoms with Crippen LogP contribution in [0.4, 0.5) is 0 Å². The molecule has 1 aromatic carbocycles. The van der Waals surface area contributed by atoms with E-state index >= 15 is 0 Å². The minimum Gasteiger partial charge on any atom is -0.478 e. The number of benzene rings is 1. The van der Waals surface area contributed by atoms with E-state index in [1.807, 2.05) is 0 Å². The molecule has 0 radical (unpaired) electrons. The Morgan fingerprint density at radius 3 is 2.76 bits per heavy atom. The SMILES string of the molecule is C/C(=C\c1c(Cl)[nH]c2ccc(Cl)cc12)C(=O)O. The molecular weight excluding hydrogens is 261 g/mol. The summed E-state index contributed by atoms with van der Waals surface area (Å²) in [6, 6.07) is 5.30. The zero-order chi connectivity index (χ0) is 12.6. The number of hydrogen-bond acceptors (Lipinski definition) is 1. The molecule has 0 saturated heterocycles. The number of hydrogen-bond donors (Lipinski definition) is 2. The van der Waals surface area contributed by atoms with Crippen LogP contribution in [-0.2, 0) is 4.79 Å². The number of carboxylic acids is 1. The van der Waals surface area contributed by atoms with Gasteiger partial charge in [-0.25, -0.2) is 4.79 Å². The van der Waals surface area contributed by atoms with Crippen molar-refractivity contribution in [2.75, 3.05) is 0 Å². The van der Waals surface area contributed by atoms with Crippen molar-refractivity contribution in [3.63, 3.8) is 0 Å². The van der Waals surface area contributed by atoms with Crippen LogP contribution in [0.2, 0.25) is 10.2 Å². The Bertz CT molecular complexity index is 629. The summed E-state index contributed by atoms with van der Waals surface area (Å²) >= 11 is 11.9. The van der Waals surface area contributed by atoms with Gasteiger partial charge in [0.2, 0.25) is 0 Å². The van der Waals surface area contributed by atoms with Gasteiger partial charge in [0.15, 0.2) is 0 Å². The average molecular weight is 270 g/mol. The fraction of sp³-hybridized carbons (Fsp3) is 0.0833. The molecule has 0 aliphatic heterocycles. The second-order valence-corrected chi connectivity index (χ2v) is 4.49. The Morgan fingerprint density at radius 1 is 1.41 bits per heavy atom. The number of aromatic nitrogens is 1. The minimum atomic E-state index is -0.975. The number of carboxylic acid groups (broad SMARTS) is 1. The van der Waals surface area contributed by atoms with Crippen molar-refractivity contribution in [2.45, 2.75) is 6.92 Å². The number of aliphatic carboxylic acids is 1. The van der Waals surface area contributed by atoms with Crippen LogP contribution in [0, 0.1) is 0 Å². The van der Waals surface area contributed by atoms with Gasteiger partial charge >= 0.3 is 5.97 Å². The molecule has 0 bridgehead atoms. The van der Waals surface area contributed by atoms with E-state index in [1.165, 1.54) is 13.0 Å². The standard InChI is InChI=1S/C12H9Cl2NO2/c1-6(12(16)17)4-9-8-5-7(13)2-3-10(8)15-11(9)14/h2-5,15H,1H3,(H,16,17)/b6-4+. The molecule has 0 saturated carbocycles. The third-order valence-corrected chi connectivity index (χ3v) is 2.98. The Kier molecular flexibility index (Phi) is 3.13. The van der Waals surface area contributed by atoms with Crippen molar-refractivity contribution < 1.29 is 9.90 Å². The van der Waals surface area contributed by atoms with Gasteiger partial charge in [0.1, 0.15) is 5.15 Å². The van der Waals surface area contributed by atoms with E-state index in [9.17, 15) is 4.79 Å². The molecule has 0 amide bonds. The molecule has 2 rings (SSSR count). The molecule has 17 heavy (non-hydrogen) atoms. The molecule has 0 aliphatic rings. The highest BCUT2D eigenvalue weighted by Crippen LogP contribution is 2.30. The van der Waals surface area contributed by atoms with Crippen molar-refractivity contribution in [2.24, 2.45) is 0 Å². The number of rotatable bonds is 2. The first-order chi connectivity index (χ1) is 7.99. The van der Waals surface area contributed by atoms with Gasteiger partial charge in [-0.1, -0.05) is 23.2 Å². The quantitative estimate of drug-likeness (QED) is 0.811. The summed E-state index contributed by atoms with van der Waals surface area (Å²) < 4.78 is 0. The topological polar surface area (TPSA) is 53.1 Å². The second kappa shape index (κ2) is 4.43. The third-order valence-electron chi connectivity index (χ3n) is 2.45. The summed E-state index contributed by atoms with van der Waals surface area (Å²) in [6.45, 7) is 1.52. The van der Waals surface area contributed by atoms with Crippen LogP contribution in [0.5, 0.6) is 0 Å². The van der Waals surface area contributed by atoms with Gasteiger partial charge in [0.25, 0.3) is 0 Å². The van der Waals surface area contributed by atoms with Gasteiger partial charge in [-0.3, -0.25) is 0 Å². The number of halogens is 2. The molecule has 3 nitrogen and oxygen atoms in total. The van der Waals surface area contributed by atoms with Gasteiger partial charge in [-0.15, -0.1) is 0 Å². The fourth-order valence-corrected chi connectivity index (χ4v) is 2.00. The maximum absolute atomic E-state index is 10.8. The smallest absolute Gasteiger partial charge is 0.331 e. The van der Waals surface area contributed by atoms with Gasteiger partial charge in [-0.2, -0.15) is 0 Å². The van der Waals surface area contributed by atoms with Crippen molar-refractivity contribution in [1.82, 2.24) is 4.98 Å². The van der Waals surface area contributed by atoms with Gasteiger partial charge in [-0.05, 0) is 31.2 Å². The lowest BCUT2D eigenvalue weighted by molar-refractivity contribution is -0.132. The summed E-state index contributed by atoms with van der Waals surface area (Å²) in [5.41, 5.74) is 1.68. The van der Waals surface area contributed by atoms with Crippen LogP contribution in [0.25, 0.3) is 17.0 Å². The summed E-state index contributed by atoms with van der Waals surface area (Å²) in [5, 5.41) is 10.6. The molecule has 0 unspecified atom stereocenters. The first kappa shape index (κ1) is 12.0. The maximum Gasteiger partial charge on any atom is 0.331 e. The van der Waals surface area contributed by atoms with Crippen LogP contribution < -0.4 is 0 Å². The van der Waals surface area contributed by atoms with Crippen LogP contribution in [0.1, 0.15) is 12.5 Å². The average Bonchev–Trinajstić information content (AvgIpc) is 2.55. The third kappa shape index (κ3) is 2.30. The van der Waals surface area contributed by atoms with Crippen molar-refractivity contribution >= 4 is 46.2 Å². The summed E-state index contributed by atoms with van der Waals surface area (Å²) in [6.07, 6.45) is 1.53. The monoisotopic (exact) mass is 269 g/mol. The zero-order valence-electron chi connectivity index (χ0n) is 8.92. The molecule has 5 heteroatoms. The Hall–Kier alpha value is -1.45. The first-order valence-corrected chi connectivity index (χ1v) is 5.63. The number of H-pyrrole nitrogens is 1. The van der Waals surface area contributed by atoms with E-state index in [1.54, 1.807) is 18.2 Å². The summed E-state index contributed by atoms with van der Waals surface area (Å²) in [4.78, 5) is 13.8. The van der Waals surface area contributed by atoms with Crippen LogP contribution in [0.15, 0.2) is 23.8 Å². The lowest BCUT2D eigenvalue weighted by atomic mass is 10.1. The highest BCUT2D eigenvalue weighted by Gasteiger charge is 2.10. The molecule has 0 fully saturated rings.